The molecule has 1 aromatic carbocycles. The Morgan fingerprint density at radius 2 is 2.04 bits per heavy atom. The lowest BCUT2D eigenvalue weighted by Gasteiger charge is -1.98. The third-order valence-electron chi connectivity index (χ3n) is 3.09. The van der Waals surface area contributed by atoms with Crippen LogP contribution in [0.25, 0.3) is 11.3 Å². The maximum absolute atomic E-state index is 12.0. The first kappa shape index (κ1) is 16.2. The second kappa shape index (κ2) is 7.25. The molecule has 0 aliphatic carbocycles. The zero-order chi connectivity index (χ0) is 16.9. The number of nitrogens with zero attached hydrogens (tertiary/aromatic N) is 3. The Morgan fingerprint density at radius 3 is 2.79 bits per heavy atom. The van der Waals surface area contributed by atoms with E-state index in [9.17, 15) is 4.79 Å². The predicted molar refractivity (Wildman–Crippen MR) is 93.3 cm³/mol. The smallest absolute Gasteiger partial charge is 0.272 e. The van der Waals surface area contributed by atoms with Crippen LogP contribution in [0, 0.1) is 0 Å². The average molecular weight is 360 g/mol. The third-order valence-corrected chi connectivity index (χ3v) is 3.83. The van der Waals surface area contributed by atoms with Crippen LogP contribution in [0.4, 0.5) is 0 Å². The summed E-state index contributed by atoms with van der Waals surface area (Å²) in [7, 11) is 0. The number of hydrogen-bond donors (Lipinski definition) is 2. The predicted octanol–water partition coefficient (Wildman–Crippen LogP) is 3.54. The average Bonchev–Trinajstić information content (AvgIpc) is 3.08. The van der Waals surface area contributed by atoms with E-state index in [1.807, 2.05) is 6.07 Å². The third kappa shape index (κ3) is 3.79. The van der Waals surface area contributed by atoms with Gasteiger partial charge in [-0.25, -0.2) is 5.43 Å². The summed E-state index contributed by atoms with van der Waals surface area (Å²) >= 11 is 11.9. The molecule has 1 amide bonds. The van der Waals surface area contributed by atoms with Gasteiger partial charge in [-0.1, -0.05) is 35.3 Å². The van der Waals surface area contributed by atoms with Crippen LogP contribution in [0.2, 0.25) is 10.0 Å². The Labute approximate surface area is 147 Å². The number of hydrazone groups is 1. The van der Waals surface area contributed by atoms with E-state index in [4.69, 9.17) is 23.2 Å². The number of carbonyl (C=O) groups is 1. The van der Waals surface area contributed by atoms with Gasteiger partial charge in [0.25, 0.3) is 5.91 Å². The van der Waals surface area contributed by atoms with Gasteiger partial charge in [0.05, 0.1) is 27.6 Å². The van der Waals surface area contributed by atoms with Gasteiger partial charge < -0.3 is 0 Å². The molecule has 0 bridgehead atoms. The molecule has 8 heteroatoms. The molecule has 6 nitrogen and oxygen atoms in total. The van der Waals surface area contributed by atoms with Crippen LogP contribution >= 0.6 is 23.2 Å². The van der Waals surface area contributed by atoms with Crippen LogP contribution in [0.3, 0.4) is 0 Å². The van der Waals surface area contributed by atoms with E-state index in [2.05, 4.69) is 25.7 Å². The van der Waals surface area contributed by atoms with Crippen LogP contribution in [-0.2, 0) is 0 Å². The zero-order valence-corrected chi connectivity index (χ0v) is 13.7. The monoisotopic (exact) mass is 359 g/mol. The van der Waals surface area contributed by atoms with Crippen molar-refractivity contribution in [3.05, 3.63) is 70.1 Å². The molecule has 0 saturated carbocycles. The molecule has 0 unspecified atom stereocenters. The number of benzene rings is 1. The number of carbonyl (C=O) groups excluding carboxylic acids is 1. The minimum atomic E-state index is -0.416. The topological polar surface area (TPSA) is 83.0 Å². The van der Waals surface area contributed by atoms with Crippen molar-refractivity contribution in [1.29, 1.82) is 0 Å². The van der Waals surface area contributed by atoms with Crippen molar-refractivity contribution >= 4 is 35.3 Å². The Bertz CT molecular complexity index is 892. The first-order chi connectivity index (χ1) is 11.6. The van der Waals surface area contributed by atoms with Crippen molar-refractivity contribution in [2.75, 3.05) is 0 Å². The fraction of sp³-hybridized carbons (Fsp3) is 0. The highest BCUT2D eigenvalue weighted by Crippen LogP contribution is 2.27. The maximum atomic E-state index is 12.0. The van der Waals surface area contributed by atoms with Gasteiger partial charge >= 0.3 is 0 Å². The molecule has 0 atom stereocenters. The summed E-state index contributed by atoms with van der Waals surface area (Å²) in [5.41, 5.74) is 4.64. The minimum absolute atomic E-state index is 0.272. The van der Waals surface area contributed by atoms with Crippen molar-refractivity contribution in [1.82, 2.24) is 20.6 Å². The number of H-pyrrole nitrogens is 1. The van der Waals surface area contributed by atoms with E-state index in [0.717, 1.165) is 5.56 Å². The first-order valence-electron chi connectivity index (χ1n) is 6.89. The lowest BCUT2D eigenvalue weighted by molar-refractivity contribution is 0.0950. The number of hydrogen-bond acceptors (Lipinski definition) is 4. The number of aromatic nitrogens is 3. The lowest BCUT2D eigenvalue weighted by atomic mass is 10.1. The highest BCUT2D eigenvalue weighted by atomic mass is 35.5. The molecule has 0 fully saturated rings. The largest absolute Gasteiger partial charge is 0.289 e. The lowest BCUT2D eigenvalue weighted by Crippen LogP contribution is -2.18. The number of amides is 1. The van der Waals surface area contributed by atoms with E-state index < -0.39 is 5.91 Å². The molecule has 2 heterocycles. The molecule has 120 valence electrons. The molecule has 2 N–H and O–H groups in total. The molecule has 3 aromatic rings. The van der Waals surface area contributed by atoms with Gasteiger partial charge in [0.15, 0.2) is 0 Å². The van der Waals surface area contributed by atoms with Gasteiger partial charge in [0.1, 0.15) is 5.69 Å². The second-order valence-corrected chi connectivity index (χ2v) is 5.56. The number of pyridine rings is 1. The summed E-state index contributed by atoms with van der Waals surface area (Å²) < 4.78 is 0. The Kier molecular flexibility index (Phi) is 4.88. The van der Waals surface area contributed by atoms with E-state index in [1.165, 1.54) is 6.21 Å². The van der Waals surface area contributed by atoms with E-state index in [1.54, 1.807) is 42.6 Å². The van der Waals surface area contributed by atoms with Crippen molar-refractivity contribution in [3.63, 3.8) is 0 Å². The quantitative estimate of drug-likeness (QED) is 0.551. The molecular weight excluding hydrogens is 349 g/mol. The highest BCUT2D eigenvalue weighted by Gasteiger charge is 2.11. The van der Waals surface area contributed by atoms with Crippen molar-refractivity contribution < 1.29 is 4.79 Å². The van der Waals surface area contributed by atoms with E-state index in [0.29, 0.717) is 21.4 Å². The van der Waals surface area contributed by atoms with Gasteiger partial charge in [-0.3, -0.25) is 14.9 Å². The Balaban J connectivity index is 1.69. The summed E-state index contributed by atoms with van der Waals surface area (Å²) in [6, 6.07) is 12.1. The molecule has 3 rings (SSSR count). The molecular formula is C16H11Cl2N5O. The first-order valence-corrected chi connectivity index (χ1v) is 7.64. The summed E-state index contributed by atoms with van der Waals surface area (Å²) in [4.78, 5) is 16.1. The highest BCUT2D eigenvalue weighted by molar-refractivity contribution is 6.42. The van der Waals surface area contributed by atoms with Gasteiger partial charge in [0.2, 0.25) is 0 Å². The van der Waals surface area contributed by atoms with Crippen LogP contribution < -0.4 is 5.43 Å². The summed E-state index contributed by atoms with van der Waals surface area (Å²) in [6.07, 6.45) is 3.09. The van der Waals surface area contributed by atoms with E-state index >= 15 is 0 Å². The summed E-state index contributed by atoms with van der Waals surface area (Å²) in [5.74, 6) is -0.416. The van der Waals surface area contributed by atoms with Crippen LogP contribution in [0.5, 0.6) is 0 Å². The molecule has 0 aliphatic rings. The second-order valence-electron chi connectivity index (χ2n) is 4.75. The molecule has 2 aromatic heterocycles. The summed E-state index contributed by atoms with van der Waals surface area (Å²) in [6.45, 7) is 0. The van der Waals surface area contributed by atoms with Gasteiger partial charge in [-0.15, -0.1) is 0 Å². The normalized spacial score (nSPS) is 10.9. The Hall–Kier alpha value is -2.70. The Morgan fingerprint density at radius 1 is 1.17 bits per heavy atom. The fourth-order valence-electron chi connectivity index (χ4n) is 1.91. The molecule has 0 radical (unpaired) electrons. The van der Waals surface area contributed by atoms with Crippen LogP contribution in [-0.4, -0.2) is 27.3 Å². The number of rotatable bonds is 4. The molecule has 0 saturated heterocycles. The number of aromatic amines is 1. The number of halogens is 2. The fourth-order valence-corrected chi connectivity index (χ4v) is 2.21. The minimum Gasteiger partial charge on any atom is -0.272 e. The standard InChI is InChI=1S/C16H11Cl2N5O/c17-12-5-4-10(7-13(12)18)14-8-15(22-21-14)16(24)23-20-9-11-3-1-2-6-19-11/h1-9H,(H,21,22)(H,23,24). The molecule has 24 heavy (non-hydrogen) atoms. The molecule has 0 aliphatic heterocycles. The van der Waals surface area contributed by atoms with Gasteiger partial charge in [-0.05, 0) is 30.3 Å². The van der Waals surface area contributed by atoms with Gasteiger partial charge in [0, 0.05) is 11.8 Å². The molecule has 0 spiro atoms. The van der Waals surface area contributed by atoms with Crippen LogP contribution in [0.15, 0.2) is 53.8 Å². The summed E-state index contributed by atoms with van der Waals surface area (Å²) in [5, 5.41) is 11.5. The van der Waals surface area contributed by atoms with Crippen molar-refractivity contribution in [2.24, 2.45) is 5.10 Å². The van der Waals surface area contributed by atoms with Gasteiger partial charge in [-0.2, -0.15) is 10.2 Å². The van der Waals surface area contributed by atoms with Crippen LogP contribution in [0.1, 0.15) is 16.2 Å². The number of nitrogens with one attached hydrogen (secondary N) is 2. The zero-order valence-electron chi connectivity index (χ0n) is 12.2. The van der Waals surface area contributed by atoms with Crippen molar-refractivity contribution in [2.45, 2.75) is 0 Å². The van der Waals surface area contributed by atoms with E-state index in [-0.39, 0.29) is 5.69 Å². The van der Waals surface area contributed by atoms with Crippen molar-refractivity contribution in [3.8, 4) is 11.3 Å². The maximum Gasteiger partial charge on any atom is 0.289 e. The SMILES string of the molecule is O=C(NN=Cc1ccccn1)c1cc(-c2ccc(Cl)c(Cl)c2)n[nH]1.